The minimum Gasteiger partial charge on any atom is -0.380 e. The SMILES string of the molecule is CC/C=c1/ccc2c(c1)Cc1cc(N(C)C)ccc1C=2NCC1=CCC=CC=C1C(C)C. The second-order valence-electron chi connectivity index (χ2n) is 9.34. The van der Waals surface area contributed by atoms with Gasteiger partial charge in [0.05, 0.1) is 0 Å². The van der Waals surface area contributed by atoms with Gasteiger partial charge in [-0.3, -0.25) is 0 Å². The van der Waals surface area contributed by atoms with Crippen molar-refractivity contribution in [1.82, 2.24) is 5.32 Å². The van der Waals surface area contributed by atoms with E-state index in [1.807, 2.05) is 0 Å². The maximum atomic E-state index is 3.87. The van der Waals surface area contributed by atoms with Gasteiger partial charge in [0, 0.05) is 42.8 Å². The van der Waals surface area contributed by atoms with Crippen molar-refractivity contribution in [3.8, 4) is 0 Å². The maximum absolute atomic E-state index is 3.87. The van der Waals surface area contributed by atoms with Crippen molar-refractivity contribution >= 4 is 17.5 Å². The zero-order valence-electron chi connectivity index (χ0n) is 20.2. The molecule has 0 unspecified atom stereocenters. The fraction of sp³-hybridized carbons (Fsp3) is 0.333. The second kappa shape index (κ2) is 9.65. The highest BCUT2D eigenvalue weighted by molar-refractivity contribution is 5.73. The summed E-state index contributed by atoms with van der Waals surface area (Å²) >= 11 is 0. The fourth-order valence-corrected chi connectivity index (χ4v) is 4.76. The number of hydrogen-bond donors (Lipinski definition) is 1. The predicted molar refractivity (Wildman–Crippen MR) is 139 cm³/mol. The van der Waals surface area contributed by atoms with E-state index >= 15 is 0 Å². The van der Waals surface area contributed by atoms with Gasteiger partial charge in [0.2, 0.25) is 0 Å². The number of nitrogens with zero attached hydrogens (tertiary/aromatic N) is 1. The minimum atomic E-state index is 0.511. The molecule has 0 heterocycles. The third kappa shape index (κ3) is 4.60. The molecule has 2 nitrogen and oxygen atoms in total. The van der Waals surface area contributed by atoms with Gasteiger partial charge in [0.25, 0.3) is 0 Å². The van der Waals surface area contributed by atoms with Gasteiger partial charge in [-0.15, -0.1) is 0 Å². The van der Waals surface area contributed by atoms with Crippen molar-refractivity contribution in [3.63, 3.8) is 0 Å². The van der Waals surface area contributed by atoms with E-state index in [0.717, 1.165) is 25.8 Å². The summed E-state index contributed by atoms with van der Waals surface area (Å²) in [6, 6.07) is 13.8. The Bertz CT molecular complexity index is 1210. The number of nitrogens with one attached hydrogen (secondary N) is 1. The Morgan fingerprint density at radius 1 is 1.06 bits per heavy atom. The largest absolute Gasteiger partial charge is 0.380 e. The zero-order valence-corrected chi connectivity index (χ0v) is 20.2. The molecule has 0 spiro atoms. The molecule has 2 aromatic rings. The number of fused-ring (bicyclic) bond motifs is 2. The molecule has 2 aliphatic rings. The molecule has 0 fully saturated rings. The topological polar surface area (TPSA) is 15.3 Å². The normalized spacial score (nSPS) is 15.7. The Morgan fingerprint density at radius 2 is 1.91 bits per heavy atom. The molecule has 0 saturated heterocycles. The summed E-state index contributed by atoms with van der Waals surface area (Å²) in [4.78, 5) is 2.19. The molecule has 2 aliphatic carbocycles. The molecule has 0 bridgehead atoms. The third-order valence-electron chi connectivity index (χ3n) is 6.45. The van der Waals surface area contributed by atoms with E-state index in [2.05, 4.69) is 112 Å². The number of benzene rings is 2. The van der Waals surface area contributed by atoms with Gasteiger partial charge in [0.15, 0.2) is 0 Å². The number of anilines is 1. The van der Waals surface area contributed by atoms with Crippen molar-refractivity contribution in [2.45, 2.75) is 40.0 Å². The van der Waals surface area contributed by atoms with E-state index in [1.165, 1.54) is 49.7 Å². The summed E-state index contributed by atoms with van der Waals surface area (Å²) in [6.45, 7) is 7.61. The zero-order chi connectivity index (χ0) is 22.7. The molecule has 4 rings (SSSR count). The van der Waals surface area contributed by atoms with E-state index in [1.54, 1.807) is 0 Å². The van der Waals surface area contributed by atoms with E-state index < -0.39 is 0 Å². The van der Waals surface area contributed by atoms with Crippen LogP contribution in [0, 0.1) is 5.92 Å². The molecule has 0 amide bonds. The smallest absolute Gasteiger partial charge is 0.0495 e. The first-order chi connectivity index (χ1) is 15.5. The maximum Gasteiger partial charge on any atom is 0.0495 e. The first kappa shape index (κ1) is 22.2. The lowest BCUT2D eigenvalue weighted by Gasteiger charge is -2.25. The lowest BCUT2D eigenvalue weighted by atomic mass is 9.88. The highest BCUT2D eigenvalue weighted by Gasteiger charge is 2.19. The molecule has 0 saturated carbocycles. The molecular weight excluding hydrogens is 388 g/mol. The molecule has 0 aromatic heterocycles. The average molecular weight is 425 g/mol. The van der Waals surface area contributed by atoms with Crippen LogP contribution in [0.4, 0.5) is 5.69 Å². The quantitative estimate of drug-likeness (QED) is 0.697. The molecule has 2 heteroatoms. The molecule has 166 valence electrons. The summed E-state index contributed by atoms with van der Waals surface area (Å²) in [5.74, 6) is 0.511. The monoisotopic (exact) mass is 424 g/mol. The van der Waals surface area contributed by atoms with Crippen LogP contribution < -0.4 is 20.7 Å². The van der Waals surface area contributed by atoms with E-state index in [4.69, 9.17) is 0 Å². The van der Waals surface area contributed by atoms with Gasteiger partial charge in [-0.05, 0) is 64.8 Å². The minimum absolute atomic E-state index is 0.511. The lowest BCUT2D eigenvalue weighted by Crippen LogP contribution is -2.31. The molecule has 32 heavy (non-hydrogen) atoms. The molecule has 2 aromatic carbocycles. The summed E-state index contributed by atoms with van der Waals surface area (Å²) < 4.78 is 0. The van der Waals surface area contributed by atoms with Gasteiger partial charge in [0.1, 0.15) is 0 Å². The van der Waals surface area contributed by atoms with Crippen LogP contribution in [0.2, 0.25) is 0 Å². The van der Waals surface area contributed by atoms with Crippen LogP contribution in [0.5, 0.6) is 0 Å². The number of allylic oxidation sites excluding steroid dienone is 4. The molecule has 0 aliphatic heterocycles. The van der Waals surface area contributed by atoms with Gasteiger partial charge >= 0.3 is 0 Å². The molecule has 0 atom stereocenters. The van der Waals surface area contributed by atoms with Crippen molar-refractivity contribution in [2.75, 3.05) is 25.5 Å². The molecular formula is C30H36N2. The van der Waals surface area contributed by atoms with Crippen LogP contribution in [-0.4, -0.2) is 20.6 Å². The molecule has 1 N–H and O–H groups in total. The Balaban J connectivity index is 1.78. The van der Waals surface area contributed by atoms with Crippen LogP contribution in [0.1, 0.15) is 50.3 Å². The third-order valence-corrected chi connectivity index (χ3v) is 6.45. The van der Waals surface area contributed by atoms with E-state index in [-0.39, 0.29) is 0 Å². The second-order valence-corrected chi connectivity index (χ2v) is 9.34. The van der Waals surface area contributed by atoms with Crippen molar-refractivity contribution in [3.05, 3.63) is 99.0 Å². The number of rotatable bonds is 6. The fourth-order valence-electron chi connectivity index (χ4n) is 4.76. The van der Waals surface area contributed by atoms with Gasteiger partial charge in [-0.1, -0.05) is 75.4 Å². The van der Waals surface area contributed by atoms with Crippen LogP contribution in [0.25, 0.3) is 11.8 Å². The average Bonchev–Trinajstić information content (AvgIpc) is 3.02. The Kier molecular flexibility index (Phi) is 6.69. The van der Waals surface area contributed by atoms with Crippen molar-refractivity contribution < 1.29 is 0 Å². The van der Waals surface area contributed by atoms with Crippen molar-refractivity contribution in [2.24, 2.45) is 5.92 Å². The van der Waals surface area contributed by atoms with Gasteiger partial charge in [-0.25, -0.2) is 0 Å². The summed E-state index contributed by atoms with van der Waals surface area (Å²) in [5.41, 5.74) is 9.50. The number of hydrogen-bond acceptors (Lipinski definition) is 2. The lowest BCUT2D eigenvalue weighted by molar-refractivity contribution is 0.761. The Hall–Kier alpha value is -3.00. The predicted octanol–water partition coefficient (Wildman–Crippen LogP) is 5.06. The van der Waals surface area contributed by atoms with E-state index in [0.29, 0.717) is 5.92 Å². The van der Waals surface area contributed by atoms with Crippen LogP contribution >= 0.6 is 0 Å². The van der Waals surface area contributed by atoms with E-state index in [9.17, 15) is 0 Å². The van der Waals surface area contributed by atoms with Gasteiger partial charge in [-0.2, -0.15) is 0 Å². The Morgan fingerprint density at radius 3 is 2.66 bits per heavy atom. The Labute approximate surface area is 193 Å². The van der Waals surface area contributed by atoms with Crippen LogP contribution in [0.15, 0.2) is 71.8 Å². The standard InChI is InChI=1S/C30H36N2/c1-6-10-22-13-15-28-24(17-22)18-25-19-26(32(4)5)14-16-29(25)30(28)31-20-23-11-8-7-9-12-27(23)21(2)3/h7,9-17,19,21,31H,6,8,18,20H2,1-5H3/b22-10-. The summed E-state index contributed by atoms with van der Waals surface area (Å²) in [5, 5.41) is 6.53. The van der Waals surface area contributed by atoms with Crippen LogP contribution in [0.3, 0.4) is 0 Å². The highest BCUT2D eigenvalue weighted by atomic mass is 15.1. The first-order valence-corrected chi connectivity index (χ1v) is 11.9. The highest BCUT2D eigenvalue weighted by Crippen LogP contribution is 2.28. The van der Waals surface area contributed by atoms with Gasteiger partial charge < -0.3 is 10.2 Å². The summed E-state index contributed by atoms with van der Waals surface area (Å²) in [7, 11) is 4.23. The molecule has 0 radical (unpaired) electrons. The van der Waals surface area contributed by atoms with Crippen LogP contribution in [-0.2, 0) is 6.42 Å². The first-order valence-electron chi connectivity index (χ1n) is 11.9. The summed E-state index contributed by atoms with van der Waals surface area (Å²) in [6.07, 6.45) is 14.4. The van der Waals surface area contributed by atoms with Crippen molar-refractivity contribution in [1.29, 1.82) is 0 Å².